The van der Waals surface area contributed by atoms with E-state index in [1.165, 1.54) is 12.1 Å². The number of fused-ring (bicyclic) bond motifs is 1. The zero-order valence-electron chi connectivity index (χ0n) is 22.0. The molecule has 1 aliphatic carbocycles. The number of pyridine rings is 2. The highest BCUT2D eigenvalue weighted by molar-refractivity contribution is 5.93. The van der Waals surface area contributed by atoms with Crippen molar-refractivity contribution < 1.29 is 19.1 Å². The van der Waals surface area contributed by atoms with Gasteiger partial charge in [0.05, 0.1) is 28.6 Å². The van der Waals surface area contributed by atoms with Gasteiger partial charge in [0, 0.05) is 23.7 Å². The van der Waals surface area contributed by atoms with Crippen molar-refractivity contribution >= 4 is 34.5 Å². The highest BCUT2D eigenvalue weighted by atomic mass is 19.1. The number of hydrogen-bond donors (Lipinski definition) is 3. The highest BCUT2D eigenvalue weighted by Gasteiger charge is 2.30. The minimum Gasteiger partial charge on any atom is -0.481 e. The summed E-state index contributed by atoms with van der Waals surface area (Å²) >= 11 is 0. The fourth-order valence-electron chi connectivity index (χ4n) is 5.34. The molecule has 4 N–H and O–H groups in total. The van der Waals surface area contributed by atoms with Crippen LogP contribution in [0.2, 0.25) is 0 Å². The van der Waals surface area contributed by atoms with Crippen molar-refractivity contribution in [3.63, 3.8) is 0 Å². The van der Waals surface area contributed by atoms with Crippen LogP contribution in [0.15, 0.2) is 79.0 Å². The van der Waals surface area contributed by atoms with Crippen LogP contribution < -0.4 is 11.1 Å². The zero-order valence-corrected chi connectivity index (χ0v) is 22.0. The Balaban J connectivity index is 1.38. The van der Waals surface area contributed by atoms with E-state index in [9.17, 15) is 14.7 Å². The molecule has 0 bridgehead atoms. The number of imidazole rings is 1. The molecule has 0 atom stereocenters. The minimum atomic E-state index is -0.838. The number of hydrogen-bond acceptors (Lipinski definition) is 6. The number of amides is 1. The van der Waals surface area contributed by atoms with Gasteiger partial charge in [-0.3, -0.25) is 14.2 Å². The van der Waals surface area contributed by atoms with E-state index in [4.69, 9.17) is 15.7 Å². The van der Waals surface area contributed by atoms with E-state index in [1.807, 2.05) is 42.5 Å². The summed E-state index contributed by atoms with van der Waals surface area (Å²) in [4.78, 5) is 38.0. The summed E-state index contributed by atoms with van der Waals surface area (Å²) in [6, 6.07) is 21.5. The van der Waals surface area contributed by atoms with E-state index < -0.39 is 17.7 Å². The molecule has 10 heteroatoms. The topological polar surface area (TPSA) is 136 Å². The number of anilines is 2. The maximum absolute atomic E-state index is 15.5. The second-order valence-electron chi connectivity index (χ2n) is 10.2. The molecule has 0 radical (unpaired) electrons. The predicted octanol–water partition coefficient (Wildman–Crippen LogP) is 5.70. The molecule has 0 aliphatic heterocycles. The Morgan fingerprint density at radius 1 is 0.927 bits per heavy atom. The first-order valence-electron chi connectivity index (χ1n) is 13.4. The van der Waals surface area contributed by atoms with Gasteiger partial charge in [0.15, 0.2) is 11.5 Å². The van der Waals surface area contributed by atoms with Gasteiger partial charge in [-0.2, -0.15) is 0 Å². The maximum atomic E-state index is 15.5. The summed E-state index contributed by atoms with van der Waals surface area (Å²) in [7, 11) is 0. The van der Waals surface area contributed by atoms with Crippen LogP contribution in [0.4, 0.5) is 15.9 Å². The number of aromatic nitrogens is 4. The summed E-state index contributed by atoms with van der Waals surface area (Å²) in [6.45, 7) is 0. The lowest BCUT2D eigenvalue weighted by molar-refractivity contribution is -0.143. The third-order valence-corrected chi connectivity index (χ3v) is 7.57. The van der Waals surface area contributed by atoms with Crippen LogP contribution in [0.3, 0.4) is 0 Å². The van der Waals surface area contributed by atoms with E-state index in [-0.39, 0.29) is 23.3 Å². The number of halogens is 1. The van der Waals surface area contributed by atoms with Gasteiger partial charge in [0.25, 0.3) is 0 Å². The van der Waals surface area contributed by atoms with E-state index in [1.54, 1.807) is 29.0 Å². The fraction of sp³-hybridized carbons (Fsp3) is 0.194. The number of rotatable bonds is 6. The summed E-state index contributed by atoms with van der Waals surface area (Å²) in [5.41, 5.74) is 10.0. The van der Waals surface area contributed by atoms with Crippen molar-refractivity contribution in [2.75, 3.05) is 11.1 Å². The van der Waals surface area contributed by atoms with Gasteiger partial charge in [-0.05, 0) is 62.1 Å². The van der Waals surface area contributed by atoms with Crippen molar-refractivity contribution in [3.8, 4) is 28.3 Å². The van der Waals surface area contributed by atoms with Crippen molar-refractivity contribution in [1.29, 1.82) is 0 Å². The van der Waals surface area contributed by atoms with Gasteiger partial charge < -0.3 is 16.2 Å². The molecule has 0 unspecified atom stereocenters. The van der Waals surface area contributed by atoms with Gasteiger partial charge in [0.2, 0.25) is 5.91 Å². The Morgan fingerprint density at radius 3 is 2.39 bits per heavy atom. The third-order valence-electron chi connectivity index (χ3n) is 7.57. The largest absolute Gasteiger partial charge is 0.481 e. The van der Waals surface area contributed by atoms with Crippen molar-refractivity contribution in [1.82, 2.24) is 19.5 Å². The standard InChI is InChI=1S/C31H27FN6O3/c32-23-17-21(12-13-25(23)37-30(39)19-8-10-20(11-9-19)31(40)41)38-28(22-7-4-16-34-27(22)33)36-26-15-14-24(35-29(26)38)18-5-2-1-3-6-18/h1-7,12-17,19-20H,8-11H2,(H2,33,34)(H,37,39)(H,40,41). The summed E-state index contributed by atoms with van der Waals surface area (Å²) < 4.78 is 17.2. The molecule has 6 rings (SSSR count). The van der Waals surface area contributed by atoms with Crippen molar-refractivity contribution in [3.05, 3.63) is 84.8 Å². The number of benzene rings is 2. The number of carboxylic acids is 1. The van der Waals surface area contributed by atoms with Gasteiger partial charge in [-0.15, -0.1) is 0 Å². The number of carbonyl (C=O) groups excluding carboxylic acids is 1. The number of carbonyl (C=O) groups is 2. The molecule has 1 fully saturated rings. The van der Waals surface area contributed by atoms with Crippen LogP contribution >= 0.6 is 0 Å². The lowest BCUT2D eigenvalue weighted by Gasteiger charge is -2.25. The van der Waals surface area contributed by atoms with Gasteiger partial charge in [0.1, 0.15) is 17.2 Å². The fourth-order valence-corrected chi connectivity index (χ4v) is 5.34. The molecule has 0 spiro atoms. The number of carboxylic acid groups (broad SMARTS) is 1. The molecular weight excluding hydrogens is 523 g/mol. The number of nitrogen functional groups attached to an aromatic ring is 1. The first kappa shape index (κ1) is 26.1. The molecule has 3 heterocycles. The van der Waals surface area contributed by atoms with E-state index >= 15 is 4.39 Å². The first-order chi connectivity index (χ1) is 19.9. The number of nitrogens with one attached hydrogen (secondary N) is 1. The van der Waals surface area contributed by atoms with Crippen LogP contribution in [-0.4, -0.2) is 36.5 Å². The lowest BCUT2D eigenvalue weighted by Crippen LogP contribution is -2.29. The summed E-state index contributed by atoms with van der Waals surface area (Å²) in [5, 5.41) is 11.9. The van der Waals surface area contributed by atoms with Gasteiger partial charge in [-0.25, -0.2) is 19.3 Å². The number of nitrogens with two attached hydrogens (primary N) is 1. The monoisotopic (exact) mass is 550 g/mol. The molecule has 1 amide bonds. The highest BCUT2D eigenvalue weighted by Crippen LogP contribution is 2.34. The SMILES string of the molecule is Nc1ncccc1-c1nc2ccc(-c3ccccc3)nc2n1-c1ccc(NC(=O)C2CCC(C(=O)O)CC2)c(F)c1. The summed E-state index contributed by atoms with van der Waals surface area (Å²) in [6.07, 6.45) is 3.36. The lowest BCUT2D eigenvalue weighted by atomic mass is 9.81. The molecule has 1 saturated carbocycles. The Hall–Kier alpha value is -5.12. The quantitative estimate of drug-likeness (QED) is 0.247. The van der Waals surface area contributed by atoms with Crippen LogP contribution in [0, 0.1) is 17.7 Å². The van der Waals surface area contributed by atoms with E-state index in [0.717, 1.165) is 11.3 Å². The molecule has 2 aromatic carbocycles. The molecule has 206 valence electrons. The van der Waals surface area contributed by atoms with E-state index in [0.29, 0.717) is 53.9 Å². The Labute approximate surface area is 234 Å². The van der Waals surface area contributed by atoms with Crippen LogP contribution in [0.25, 0.3) is 39.5 Å². The third kappa shape index (κ3) is 5.11. The normalized spacial score (nSPS) is 16.9. The van der Waals surface area contributed by atoms with Crippen LogP contribution in [-0.2, 0) is 9.59 Å². The van der Waals surface area contributed by atoms with Crippen molar-refractivity contribution in [2.45, 2.75) is 25.7 Å². The molecular formula is C31H27FN6O3. The Bertz CT molecular complexity index is 1760. The Morgan fingerprint density at radius 2 is 1.68 bits per heavy atom. The Kier molecular flexibility index (Phi) is 6.88. The molecule has 0 saturated heterocycles. The van der Waals surface area contributed by atoms with Gasteiger partial charge in [-0.1, -0.05) is 30.3 Å². The van der Waals surface area contributed by atoms with Crippen LogP contribution in [0.1, 0.15) is 25.7 Å². The smallest absolute Gasteiger partial charge is 0.306 e. The van der Waals surface area contributed by atoms with Crippen molar-refractivity contribution in [2.24, 2.45) is 11.8 Å². The predicted molar refractivity (Wildman–Crippen MR) is 154 cm³/mol. The average Bonchev–Trinajstić information content (AvgIpc) is 3.37. The molecule has 1 aliphatic rings. The molecule has 9 nitrogen and oxygen atoms in total. The molecule has 41 heavy (non-hydrogen) atoms. The summed E-state index contributed by atoms with van der Waals surface area (Å²) in [5.74, 6) is -1.84. The first-order valence-corrected chi connectivity index (χ1v) is 13.4. The number of aliphatic carboxylic acids is 1. The molecule has 5 aromatic rings. The number of nitrogens with zero attached hydrogens (tertiary/aromatic N) is 4. The van der Waals surface area contributed by atoms with E-state index in [2.05, 4.69) is 10.3 Å². The second-order valence-corrected chi connectivity index (χ2v) is 10.2. The minimum absolute atomic E-state index is 0.0453. The van der Waals surface area contributed by atoms with Crippen LogP contribution in [0.5, 0.6) is 0 Å². The second kappa shape index (κ2) is 10.8. The van der Waals surface area contributed by atoms with Gasteiger partial charge >= 0.3 is 5.97 Å². The average molecular weight is 551 g/mol. The maximum Gasteiger partial charge on any atom is 0.306 e. The molecule has 3 aromatic heterocycles. The zero-order chi connectivity index (χ0) is 28.5.